The number of hydrogen-bond acceptors (Lipinski definition) is 3. The van der Waals surface area contributed by atoms with Crippen molar-refractivity contribution in [1.82, 2.24) is 0 Å². The van der Waals surface area contributed by atoms with Crippen molar-refractivity contribution in [2.45, 2.75) is 53.9 Å². The fraction of sp³-hybridized carbons (Fsp3) is 0.923. The minimum Gasteiger partial charge on any atom is -0.465 e. The lowest BCUT2D eigenvalue weighted by atomic mass is 9.69. The Hall–Kier alpha value is -0.380. The monoisotopic (exact) mass is 294 g/mol. The molecule has 0 aliphatic heterocycles. The van der Waals surface area contributed by atoms with Crippen LogP contribution in [0.1, 0.15) is 53.9 Å². The molecule has 0 amide bonds. The molecule has 0 unspecified atom stereocenters. The van der Waals surface area contributed by atoms with Crippen molar-refractivity contribution in [2.24, 2.45) is 10.8 Å². The highest BCUT2D eigenvalue weighted by Gasteiger charge is 2.41. The summed E-state index contributed by atoms with van der Waals surface area (Å²) in [6.45, 7) is 10.0. The summed E-state index contributed by atoms with van der Waals surface area (Å²) in [6, 6.07) is 0. The zero-order chi connectivity index (χ0) is 15.3. The standard InChI is InChI=1S/C13H27O5P/c1-12(2,3)13(4,5)11(14)18-9-7-6-8-10-19(15,16)17/h6-10H2,1-5H3,(H2,15,16,17). The zero-order valence-electron chi connectivity index (χ0n) is 12.6. The summed E-state index contributed by atoms with van der Waals surface area (Å²) < 4.78 is 15.9. The summed E-state index contributed by atoms with van der Waals surface area (Å²) in [5.74, 6) is -0.227. The average molecular weight is 294 g/mol. The molecule has 114 valence electrons. The van der Waals surface area contributed by atoms with Crippen LogP contribution in [0.3, 0.4) is 0 Å². The van der Waals surface area contributed by atoms with E-state index >= 15 is 0 Å². The van der Waals surface area contributed by atoms with E-state index in [0.717, 1.165) is 0 Å². The fourth-order valence-electron chi connectivity index (χ4n) is 1.25. The largest absolute Gasteiger partial charge is 0.465 e. The minimum atomic E-state index is -3.89. The molecule has 0 radical (unpaired) electrons. The quantitative estimate of drug-likeness (QED) is 0.428. The van der Waals surface area contributed by atoms with Crippen molar-refractivity contribution in [3.8, 4) is 0 Å². The van der Waals surface area contributed by atoms with E-state index in [4.69, 9.17) is 14.5 Å². The van der Waals surface area contributed by atoms with Gasteiger partial charge in [0.15, 0.2) is 0 Å². The maximum atomic E-state index is 12.0. The maximum Gasteiger partial charge on any atom is 0.325 e. The van der Waals surface area contributed by atoms with Crippen LogP contribution in [0.4, 0.5) is 0 Å². The number of unbranched alkanes of at least 4 members (excludes halogenated alkanes) is 2. The number of ether oxygens (including phenoxy) is 1. The first-order chi connectivity index (χ1) is 8.38. The Bertz CT molecular complexity index is 337. The van der Waals surface area contributed by atoms with E-state index in [1.165, 1.54) is 0 Å². The average Bonchev–Trinajstić information content (AvgIpc) is 2.19. The molecule has 0 aromatic heterocycles. The molecule has 0 spiro atoms. The van der Waals surface area contributed by atoms with Gasteiger partial charge in [0.05, 0.1) is 12.0 Å². The molecule has 0 saturated heterocycles. The predicted octanol–water partition coefficient (Wildman–Crippen LogP) is 2.95. The molecule has 0 aliphatic rings. The summed E-state index contributed by atoms with van der Waals surface area (Å²) in [5, 5.41) is 0. The molecule has 5 nitrogen and oxygen atoms in total. The highest BCUT2D eigenvalue weighted by Crippen LogP contribution is 2.39. The van der Waals surface area contributed by atoms with Crippen LogP contribution in [0.15, 0.2) is 0 Å². The molecule has 0 heterocycles. The first-order valence-corrected chi connectivity index (χ1v) is 8.39. The third kappa shape index (κ3) is 7.09. The summed E-state index contributed by atoms with van der Waals surface area (Å²) in [7, 11) is -3.89. The number of carbonyl (C=O) groups excluding carboxylic acids is 1. The smallest absolute Gasteiger partial charge is 0.325 e. The summed E-state index contributed by atoms with van der Waals surface area (Å²) in [5.41, 5.74) is -0.733. The van der Waals surface area contributed by atoms with Gasteiger partial charge in [-0.3, -0.25) is 9.36 Å². The van der Waals surface area contributed by atoms with Gasteiger partial charge in [0, 0.05) is 6.16 Å². The topological polar surface area (TPSA) is 83.8 Å². The van der Waals surface area contributed by atoms with E-state index in [0.29, 0.717) is 25.9 Å². The van der Waals surface area contributed by atoms with Crippen LogP contribution < -0.4 is 0 Å². The Morgan fingerprint density at radius 2 is 1.58 bits per heavy atom. The molecule has 19 heavy (non-hydrogen) atoms. The second kappa shape index (κ2) is 6.87. The van der Waals surface area contributed by atoms with E-state index in [2.05, 4.69) is 0 Å². The van der Waals surface area contributed by atoms with Crippen LogP contribution in [-0.2, 0) is 14.1 Å². The van der Waals surface area contributed by atoms with E-state index < -0.39 is 13.0 Å². The third-order valence-corrected chi connectivity index (χ3v) is 4.61. The second-order valence-electron chi connectivity index (χ2n) is 6.46. The molecule has 0 atom stereocenters. The van der Waals surface area contributed by atoms with Gasteiger partial charge >= 0.3 is 13.6 Å². The molecular formula is C13H27O5P. The van der Waals surface area contributed by atoms with Crippen molar-refractivity contribution in [3.05, 3.63) is 0 Å². The Labute approximate surface area is 115 Å². The lowest BCUT2D eigenvalue weighted by molar-refractivity contribution is -0.160. The van der Waals surface area contributed by atoms with Gasteiger partial charge in [0.2, 0.25) is 0 Å². The van der Waals surface area contributed by atoms with Gasteiger partial charge in [-0.2, -0.15) is 0 Å². The van der Waals surface area contributed by atoms with Crippen molar-refractivity contribution < 1.29 is 23.9 Å². The number of hydrogen-bond donors (Lipinski definition) is 2. The highest BCUT2D eigenvalue weighted by molar-refractivity contribution is 7.51. The highest BCUT2D eigenvalue weighted by atomic mass is 31.2. The summed E-state index contributed by atoms with van der Waals surface area (Å²) in [4.78, 5) is 29.3. The molecule has 0 saturated carbocycles. The van der Waals surface area contributed by atoms with Crippen LogP contribution in [0.5, 0.6) is 0 Å². The fourth-order valence-corrected chi connectivity index (χ4v) is 1.88. The van der Waals surface area contributed by atoms with E-state index in [1.54, 1.807) is 0 Å². The molecule has 0 fully saturated rings. The van der Waals surface area contributed by atoms with Gasteiger partial charge in [0.1, 0.15) is 0 Å². The van der Waals surface area contributed by atoms with Crippen LogP contribution >= 0.6 is 7.60 Å². The SMILES string of the molecule is CC(C)(C)C(C)(C)C(=O)OCCCCCP(=O)(O)O. The van der Waals surface area contributed by atoms with Gasteiger partial charge in [-0.05, 0) is 38.5 Å². The van der Waals surface area contributed by atoms with Crippen LogP contribution in [-0.4, -0.2) is 28.5 Å². The maximum absolute atomic E-state index is 12.0. The van der Waals surface area contributed by atoms with E-state index in [1.807, 2.05) is 34.6 Å². The first-order valence-electron chi connectivity index (χ1n) is 6.60. The molecule has 0 bridgehead atoms. The number of carbonyl (C=O) groups is 1. The molecule has 2 N–H and O–H groups in total. The molecule has 0 aliphatic carbocycles. The van der Waals surface area contributed by atoms with Crippen molar-refractivity contribution in [2.75, 3.05) is 12.8 Å². The van der Waals surface area contributed by atoms with Crippen molar-refractivity contribution >= 4 is 13.6 Å². The Balaban J connectivity index is 3.91. The second-order valence-corrected chi connectivity index (χ2v) is 8.24. The van der Waals surface area contributed by atoms with Crippen molar-refractivity contribution in [1.29, 1.82) is 0 Å². The predicted molar refractivity (Wildman–Crippen MR) is 75.0 cm³/mol. The van der Waals surface area contributed by atoms with Gasteiger partial charge < -0.3 is 14.5 Å². The van der Waals surface area contributed by atoms with Gasteiger partial charge in [-0.1, -0.05) is 20.8 Å². The van der Waals surface area contributed by atoms with Crippen LogP contribution in [0.2, 0.25) is 0 Å². The lowest BCUT2D eigenvalue weighted by Gasteiger charge is -2.36. The molecular weight excluding hydrogens is 267 g/mol. The first kappa shape index (κ1) is 18.6. The molecule has 6 heteroatoms. The zero-order valence-corrected chi connectivity index (χ0v) is 13.5. The Kier molecular flexibility index (Phi) is 6.73. The van der Waals surface area contributed by atoms with Gasteiger partial charge in [0.25, 0.3) is 0 Å². The van der Waals surface area contributed by atoms with Crippen LogP contribution in [0.25, 0.3) is 0 Å². The van der Waals surface area contributed by atoms with E-state index in [-0.39, 0.29) is 17.5 Å². The minimum absolute atomic E-state index is 0.103. The van der Waals surface area contributed by atoms with Gasteiger partial charge in [-0.25, -0.2) is 0 Å². The summed E-state index contributed by atoms with van der Waals surface area (Å²) >= 11 is 0. The number of esters is 1. The van der Waals surface area contributed by atoms with Crippen molar-refractivity contribution in [3.63, 3.8) is 0 Å². The van der Waals surface area contributed by atoms with E-state index in [9.17, 15) is 9.36 Å². The Morgan fingerprint density at radius 1 is 1.05 bits per heavy atom. The van der Waals surface area contributed by atoms with Gasteiger partial charge in [-0.15, -0.1) is 0 Å². The number of rotatable bonds is 7. The lowest BCUT2D eigenvalue weighted by Crippen LogP contribution is -2.39. The van der Waals surface area contributed by atoms with Crippen LogP contribution in [0, 0.1) is 10.8 Å². The summed E-state index contributed by atoms with van der Waals surface area (Å²) in [6.07, 6.45) is 1.62. The molecule has 0 aromatic carbocycles. The molecule has 0 aromatic rings. The third-order valence-electron chi connectivity index (χ3n) is 3.71. The normalized spacial score (nSPS) is 13.4. The molecule has 0 rings (SSSR count). The Morgan fingerprint density at radius 3 is 2.00 bits per heavy atom.